The first-order valence-corrected chi connectivity index (χ1v) is 5.17. The van der Waals surface area contributed by atoms with Gasteiger partial charge in [-0.05, 0) is 6.07 Å². The molecule has 3 N–H and O–H groups in total. The minimum atomic E-state index is -0.584. The van der Waals surface area contributed by atoms with Gasteiger partial charge in [0.15, 0.2) is 0 Å². The molecule has 0 amide bonds. The van der Waals surface area contributed by atoms with Crippen molar-refractivity contribution in [1.29, 1.82) is 0 Å². The summed E-state index contributed by atoms with van der Waals surface area (Å²) in [7, 11) is 0. The lowest BCUT2D eigenvalue weighted by Gasteiger charge is -1.91. The average molecular weight is 241 g/mol. The van der Waals surface area contributed by atoms with Crippen LogP contribution in [0.4, 0.5) is 11.8 Å². The molecule has 0 spiro atoms. The fourth-order valence-electron chi connectivity index (χ4n) is 1.00. The number of nitrogens with two attached hydrogens (primary N) is 1. The van der Waals surface area contributed by atoms with Crippen molar-refractivity contribution in [2.45, 2.75) is 10.9 Å². The predicted octanol–water partition coefficient (Wildman–Crippen LogP) is 1.18. The maximum absolute atomic E-state index is 10.4. The van der Waals surface area contributed by atoms with Crippen LogP contribution in [-0.4, -0.2) is 20.1 Å². The van der Waals surface area contributed by atoms with E-state index in [1.165, 1.54) is 17.8 Å². The molecule has 0 aliphatic carbocycles. The first kappa shape index (κ1) is 10.5. The fourth-order valence-corrected chi connectivity index (χ4v) is 1.70. The summed E-state index contributed by atoms with van der Waals surface area (Å²) in [5.74, 6) is 0.851. The van der Waals surface area contributed by atoms with Crippen molar-refractivity contribution in [3.63, 3.8) is 0 Å². The molecule has 16 heavy (non-hydrogen) atoms. The molecule has 0 aliphatic rings. The maximum atomic E-state index is 10.4. The SMILES string of the molecule is Nc1nc(SCc2ccc([N+](=O)[O-])o2)n[nH]1. The van der Waals surface area contributed by atoms with Crippen molar-refractivity contribution in [2.75, 3.05) is 5.73 Å². The van der Waals surface area contributed by atoms with E-state index in [1.54, 1.807) is 6.07 Å². The Hall–Kier alpha value is -2.03. The Morgan fingerprint density at radius 3 is 3.00 bits per heavy atom. The van der Waals surface area contributed by atoms with E-state index in [2.05, 4.69) is 15.2 Å². The van der Waals surface area contributed by atoms with Crippen molar-refractivity contribution >= 4 is 23.6 Å². The van der Waals surface area contributed by atoms with Crippen molar-refractivity contribution in [3.05, 3.63) is 28.0 Å². The third kappa shape index (κ3) is 2.31. The number of hydrogen-bond donors (Lipinski definition) is 2. The van der Waals surface area contributed by atoms with E-state index in [-0.39, 0.29) is 11.8 Å². The molecule has 2 aromatic heterocycles. The monoisotopic (exact) mass is 241 g/mol. The first-order chi connectivity index (χ1) is 7.65. The van der Waals surface area contributed by atoms with Gasteiger partial charge < -0.3 is 10.2 Å². The molecule has 0 aromatic carbocycles. The maximum Gasteiger partial charge on any atom is 0.433 e. The molecule has 0 fully saturated rings. The summed E-state index contributed by atoms with van der Waals surface area (Å²) in [6.07, 6.45) is 0. The average Bonchev–Trinajstić information content (AvgIpc) is 2.83. The predicted molar refractivity (Wildman–Crippen MR) is 55.7 cm³/mol. The number of anilines is 1. The Labute approximate surface area is 93.4 Å². The van der Waals surface area contributed by atoms with E-state index in [0.717, 1.165) is 0 Å². The van der Waals surface area contributed by atoms with Gasteiger partial charge in [0.25, 0.3) is 0 Å². The van der Waals surface area contributed by atoms with Crippen LogP contribution in [-0.2, 0) is 5.75 Å². The minimum Gasteiger partial charge on any atom is -0.405 e. The summed E-state index contributed by atoms with van der Waals surface area (Å²) in [6.45, 7) is 0. The highest BCUT2D eigenvalue weighted by Gasteiger charge is 2.12. The summed E-state index contributed by atoms with van der Waals surface area (Å²) < 4.78 is 4.96. The Morgan fingerprint density at radius 2 is 2.44 bits per heavy atom. The third-order valence-electron chi connectivity index (χ3n) is 1.65. The number of H-pyrrole nitrogens is 1. The van der Waals surface area contributed by atoms with E-state index in [0.29, 0.717) is 16.7 Å². The molecule has 0 saturated carbocycles. The van der Waals surface area contributed by atoms with Crippen LogP contribution in [0, 0.1) is 10.1 Å². The molecule has 0 atom stereocenters. The standard InChI is InChI=1S/C7H7N5O3S/c8-6-9-7(11-10-6)16-3-4-1-2-5(15-4)12(13)14/h1-2H,3H2,(H3,8,9,10,11). The molecule has 2 rings (SSSR count). The number of hydrogen-bond acceptors (Lipinski definition) is 7. The quantitative estimate of drug-likeness (QED) is 0.467. The molecule has 0 unspecified atom stereocenters. The molecule has 8 nitrogen and oxygen atoms in total. The molecule has 0 radical (unpaired) electrons. The molecular weight excluding hydrogens is 234 g/mol. The minimum absolute atomic E-state index is 0.230. The Kier molecular flexibility index (Phi) is 2.77. The number of nitrogens with one attached hydrogen (secondary N) is 1. The van der Waals surface area contributed by atoms with Crippen molar-refractivity contribution in [3.8, 4) is 0 Å². The highest BCUT2D eigenvalue weighted by atomic mass is 32.2. The summed E-state index contributed by atoms with van der Waals surface area (Å²) in [4.78, 5) is 13.6. The Bertz CT molecular complexity index is 508. The number of thioether (sulfide) groups is 1. The highest BCUT2D eigenvalue weighted by Crippen LogP contribution is 2.23. The molecule has 0 saturated heterocycles. The highest BCUT2D eigenvalue weighted by molar-refractivity contribution is 7.98. The number of furan rings is 1. The Morgan fingerprint density at radius 1 is 1.62 bits per heavy atom. The molecule has 0 bridgehead atoms. The van der Waals surface area contributed by atoms with Gasteiger partial charge in [-0.15, -0.1) is 5.10 Å². The van der Waals surface area contributed by atoms with Gasteiger partial charge in [-0.3, -0.25) is 10.1 Å². The second-order valence-corrected chi connectivity index (χ2v) is 3.73. The molecule has 2 heterocycles. The van der Waals surface area contributed by atoms with Crippen LogP contribution >= 0.6 is 11.8 Å². The number of nitrogen functional groups attached to an aromatic ring is 1. The normalized spacial score (nSPS) is 10.5. The molecular formula is C7H7N5O3S. The smallest absolute Gasteiger partial charge is 0.405 e. The van der Waals surface area contributed by atoms with Crippen LogP contribution in [0.5, 0.6) is 0 Å². The molecule has 84 valence electrons. The largest absolute Gasteiger partial charge is 0.433 e. The van der Waals surface area contributed by atoms with Gasteiger partial charge in [-0.25, -0.2) is 5.10 Å². The van der Waals surface area contributed by atoms with Gasteiger partial charge in [0, 0.05) is 0 Å². The van der Waals surface area contributed by atoms with Crippen LogP contribution in [0.2, 0.25) is 0 Å². The van der Waals surface area contributed by atoms with Gasteiger partial charge in [0.2, 0.25) is 11.1 Å². The van der Waals surface area contributed by atoms with E-state index >= 15 is 0 Å². The second-order valence-electron chi connectivity index (χ2n) is 2.79. The van der Waals surface area contributed by atoms with Crippen LogP contribution in [0.25, 0.3) is 0 Å². The van der Waals surface area contributed by atoms with E-state index in [4.69, 9.17) is 10.2 Å². The van der Waals surface area contributed by atoms with Gasteiger partial charge in [-0.2, -0.15) is 4.98 Å². The number of nitrogens with zero attached hydrogens (tertiary/aromatic N) is 3. The lowest BCUT2D eigenvalue weighted by Crippen LogP contribution is -1.85. The van der Waals surface area contributed by atoms with Crippen molar-refractivity contribution in [2.24, 2.45) is 0 Å². The van der Waals surface area contributed by atoms with Crippen molar-refractivity contribution < 1.29 is 9.34 Å². The third-order valence-corrected chi connectivity index (χ3v) is 2.52. The zero-order valence-corrected chi connectivity index (χ0v) is 8.73. The van der Waals surface area contributed by atoms with Gasteiger partial charge in [0.05, 0.1) is 11.8 Å². The Balaban J connectivity index is 1.97. The molecule has 9 heteroatoms. The number of rotatable bonds is 4. The van der Waals surface area contributed by atoms with Gasteiger partial charge in [-0.1, -0.05) is 11.8 Å². The lowest BCUT2D eigenvalue weighted by atomic mass is 10.5. The van der Waals surface area contributed by atoms with Crippen LogP contribution in [0.3, 0.4) is 0 Å². The van der Waals surface area contributed by atoms with E-state index in [1.807, 2.05) is 0 Å². The zero-order chi connectivity index (χ0) is 11.5. The van der Waals surface area contributed by atoms with E-state index in [9.17, 15) is 10.1 Å². The van der Waals surface area contributed by atoms with Crippen LogP contribution in [0.15, 0.2) is 21.7 Å². The van der Waals surface area contributed by atoms with Crippen molar-refractivity contribution in [1.82, 2.24) is 15.2 Å². The number of nitro groups is 1. The second kappa shape index (κ2) is 4.23. The number of aromatic amines is 1. The lowest BCUT2D eigenvalue weighted by molar-refractivity contribution is -0.402. The van der Waals surface area contributed by atoms with Crippen LogP contribution in [0.1, 0.15) is 5.76 Å². The number of aromatic nitrogens is 3. The van der Waals surface area contributed by atoms with E-state index < -0.39 is 4.92 Å². The topological polar surface area (TPSA) is 124 Å². The summed E-state index contributed by atoms with van der Waals surface area (Å²) in [5.41, 5.74) is 5.34. The summed E-state index contributed by atoms with van der Waals surface area (Å²) in [6, 6.07) is 2.85. The van der Waals surface area contributed by atoms with Gasteiger partial charge in [0.1, 0.15) is 10.7 Å². The molecule has 2 aromatic rings. The summed E-state index contributed by atoms with van der Waals surface area (Å²) in [5, 5.41) is 17.1. The van der Waals surface area contributed by atoms with Crippen LogP contribution < -0.4 is 5.73 Å². The zero-order valence-electron chi connectivity index (χ0n) is 7.91. The first-order valence-electron chi connectivity index (χ1n) is 4.19. The van der Waals surface area contributed by atoms with Gasteiger partial charge >= 0.3 is 5.88 Å². The summed E-state index contributed by atoms with van der Waals surface area (Å²) >= 11 is 1.27. The molecule has 0 aliphatic heterocycles. The fraction of sp³-hybridized carbons (Fsp3) is 0.143.